The SMILES string of the molecule is [O-][N+]1=CC(O)=C(O)Sc2ccccc21. The molecule has 0 spiro atoms. The highest BCUT2D eigenvalue weighted by Crippen LogP contribution is 2.35. The molecule has 5 heteroatoms. The third-order valence-corrected chi connectivity index (χ3v) is 2.74. The standard InChI is InChI=1S/C9H7NO3S/c11-7-5-10(13)6-3-1-2-4-8(6)14-9(7)12/h1-5,11-12H. The second kappa shape index (κ2) is 3.26. The molecule has 0 aliphatic carbocycles. The quantitative estimate of drug-likeness (QED) is 0.508. The zero-order chi connectivity index (χ0) is 10.1. The lowest BCUT2D eigenvalue weighted by atomic mass is 10.3. The zero-order valence-corrected chi connectivity index (χ0v) is 7.86. The highest BCUT2D eigenvalue weighted by atomic mass is 32.2. The van der Waals surface area contributed by atoms with Gasteiger partial charge in [0, 0.05) is 6.07 Å². The van der Waals surface area contributed by atoms with Gasteiger partial charge in [-0.3, -0.25) is 0 Å². The number of hydrogen-bond acceptors (Lipinski definition) is 4. The fraction of sp³-hybridized carbons (Fsp3) is 0. The number of benzene rings is 1. The summed E-state index contributed by atoms with van der Waals surface area (Å²) >= 11 is 0.957. The first-order valence-corrected chi connectivity index (χ1v) is 4.70. The van der Waals surface area contributed by atoms with Gasteiger partial charge in [-0.05, 0) is 17.8 Å². The lowest BCUT2D eigenvalue weighted by molar-refractivity contribution is -0.358. The predicted octanol–water partition coefficient (Wildman–Crippen LogP) is 2.29. The van der Waals surface area contributed by atoms with Crippen molar-refractivity contribution in [3.8, 4) is 0 Å². The summed E-state index contributed by atoms with van der Waals surface area (Å²) in [7, 11) is 0. The van der Waals surface area contributed by atoms with E-state index >= 15 is 0 Å². The summed E-state index contributed by atoms with van der Waals surface area (Å²) in [5.41, 5.74) is 0.410. The number of aliphatic hydroxyl groups is 2. The van der Waals surface area contributed by atoms with E-state index in [1.807, 2.05) is 0 Å². The largest absolute Gasteiger partial charge is 0.618 e. The Labute approximate surface area is 84.4 Å². The Balaban J connectivity index is 2.60. The van der Waals surface area contributed by atoms with Gasteiger partial charge in [0.05, 0.1) is 4.90 Å². The van der Waals surface area contributed by atoms with Crippen molar-refractivity contribution in [1.82, 2.24) is 0 Å². The van der Waals surface area contributed by atoms with Crippen LogP contribution < -0.4 is 0 Å². The predicted molar refractivity (Wildman–Crippen MR) is 53.9 cm³/mol. The second-order valence-corrected chi connectivity index (χ2v) is 3.75. The zero-order valence-electron chi connectivity index (χ0n) is 7.04. The van der Waals surface area contributed by atoms with Crippen LogP contribution >= 0.6 is 11.8 Å². The molecule has 2 N–H and O–H groups in total. The molecule has 0 saturated carbocycles. The van der Waals surface area contributed by atoms with Gasteiger partial charge in [-0.1, -0.05) is 12.1 Å². The maximum absolute atomic E-state index is 11.4. The first-order valence-electron chi connectivity index (χ1n) is 3.89. The molecule has 0 bridgehead atoms. The Morgan fingerprint density at radius 2 is 1.93 bits per heavy atom. The van der Waals surface area contributed by atoms with Crippen LogP contribution in [-0.2, 0) is 0 Å². The Morgan fingerprint density at radius 3 is 2.71 bits per heavy atom. The Kier molecular flexibility index (Phi) is 2.09. The van der Waals surface area contributed by atoms with Crippen LogP contribution in [-0.4, -0.2) is 21.2 Å². The van der Waals surface area contributed by atoms with Gasteiger partial charge in [0.1, 0.15) is 0 Å². The molecule has 2 rings (SSSR count). The van der Waals surface area contributed by atoms with Gasteiger partial charge in [0.2, 0.25) is 22.8 Å². The van der Waals surface area contributed by atoms with E-state index in [4.69, 9.17) is 0 Å². The highest BCUT2D eigenvalue weighted by molar-refractivity contribution is 8.03. The summed E-state index contributed by atoms with van der Waals surface area (Å²) in [6.07, 6.45) is 0.939. The van der Waals surface area contributed by atoms with Crippen molar-refractivity contribution in [3.05, 3.63) is 40.3 Å². The monoisotopic (exact) mass is 209 g/mol. The van der Waals surface area contributed by atoms with Crippen molar-refractivity contribution in [2.45, 2.75) is 4.90 Å². The lowest BCUT2D eigenvalue weighted by Gasteiger charge is -2.03. The van der Waals surface area contributed by atoms with E-state index in [-0.39, 0.29) is 5.09 Å². The number of allylic oxidation sites excluding steroid dienone is 1. The fourth-order valence-corrected chi connectivity index (χ4v) is 1.89. The van der Waals surface area contributed by atoms with Crippen molar-refractivity contribution in [3.63, 3.8) is 0 Å². The molecular formula is C9H7NO3S. The van der Waals surface area contributed by atoms with Crippen molar-refractivity contribution in [2.24, 2.45) is 0 Å². The minimum absolute atomic E-state index is 0.268. The number of rotatable bonds is 0. The molecule has 1 aromatic rings. The maximum atomic E-state index is 11.4. The Bertz CT molecular complexity index is 439. The molecule has 14 heavy (non-hydrogen) atoms. The second-order valence-electron chi connectivity index (χ2n) is 2.72. The van der Waals surface area contributed by atoms with E-state index in [2.05, 4.69) is 0 Å². The van der Waals surface area contributed by atoms with E-state index < -0.39 is 5.76 Å². The normalized spacial score (nSPS) is 15.9. The molecule has 4 nitrogen and oxygen atoms in total. The fourth-order valence-electron chi connectivity index (χ4n) is 1.12. The Morgan fingerprint density at radius 1 is 1.21 bits per heavy atom. The first-order chi connectivity index (χ1) is 6.68. The topological polar surface area (TPSA) is 66.5 Å². The van der Waals surface area contributed by atoms with Crippen LogP contribution in [0.4, 0.5) is 5.69 Å². The van der Waals surface area contributed by atoms with Crippen LogP contribution in [0.15, 0.2) is 40.0 Å². The number of nitrogens with zero attached hydrogens (tertiary/aromatic N) is 1. The molecule has 0 amide bonds. The minimum atomic E-state index is -0.416. The van der Waals surface area contributed by atoms with Crippen LogP contribution in [0.5, 0.6) is 0 Å². The number of hydrogen-bond donors (Lipinski definition) is 2. The molecule has 0 aromatic heterocycles. The first kappa shape index (κ1) is 8.96. The summed E-state index contributed by atoms with van der Waals surface area (Å²) in [6.45, 7) is 0. The molecular weight excluding hydrogens is 202 g/mol. The summed E-state index contributed by atoms with van der Waals surface area (Å²) in [5, 5.41) is 29.7. The van der Waals surface area contributed by atoms with Crippen molar-refractivity contribution >= 4 is 23.7 Å². The van der Waals surface area contributed by atoms with Gasteiger partial charge in [-0.15, -0.1) is 0 Å². The Hall–Kier alpha value is -1.62. The molecule has 0 radical (unpaired) electrons. The van der Waals surface area contributed by atoms with Crippen LogP contribution in [0.1, 0.15) is 0 Å². The molecule has 1 aliphatic heterocycles. The molecule has 0 atom stereocenters. The van der Waals surface area contributed by atoms with Crippen molar-refractivity contribution in [1.29, 1.82) is 0 Å². The summed E-state index contributed by atoms with van der Waals surface area (Å²) in [5.74, 6) is -0.416. The van der Waals surface area contributed by atoms with Gasteiger partial charge in [0.15, 0.2) is 0 Å². The lowest BCUT2D eigenvalue weighted by Crippen LogP contribution is -1.99. The van der Waals surface area contributed by atoms with E-state index in [1.165, 1.54) is 0 Å². The minimum Gasteiger partial charge on any atom is -0.618 e. The molecule has 72 valence electrons. The van der Waals surface area contributed by atoms with Gasteiger partial charge in [0.25, 0.3) is 0 Å². The van der Waals surface area contributed by atoms with Gasteiger partial charge in [-0.2, -0.15) is 4.74 Å². The van der Waals surface area contributed by atoms with E-state index in [0.717, 1.165) is 18.0 Å². The van der Waals surface area contributed by atoms with Crippen molar-refractivity contribution < 1.29 is 15.0 Å². The number of aliphatic hydroxyl groups excluding tert-OH is 2. The smallest absolute Gasteiger partial charge is 0.231 e. The van der Waals surface area contributed by atoms with Crippen LogP contribution in [0.2, 0.25) is 0 Å². The van der Waals surface area contributed by atoms with Crippen molar-refractivity contribution in [2.75, 3.05) is 0 Å². The average Bonchev–Trinajstić information content (AvgIpc) is 2.27. The molecule has 1 aromatic carbocycles. The third-order valence-electron chi connectivity index (χ3n) is 1.77. The van der Waals surface area contributed by atoms with E-state index in [0.29, 0.717) is 15.3 Å². The summed E-state index contributed by atoms with van der Waals surface area (Å²) in [6, 6.07) is 6.80. The van der Waals surface area contributed by atoms with E-state index in [9.17, 15) is 15.4 Å². The molecule has 0 saturated heterocycles. The number of fused-ring (bicyclic) bond motifs is 1. The van der Waals surface area contributed by atoms with Crippen LogP contribution in [0.3, 0.4) is 0 Å². The molecule has 1 aliphatic rings. The van der Waals surface area contributed by atoms with Crippen LogP contribution in [0.25, 0.3) is 0 Å². The van der Waals surface area contributed by atoms with Crippen LogP contribution in [0, 0.1) is 5.21 Å². The molecule has 1 heterocycles. The average molecular weight is 209 g/mol. The summed E-state index contributed by atoms with van der Waals surface area (Å²) < 4.78 is 0.529. The third kappa shape index (κ3) is 1.42. The number of thioether (sulfide) groups is 1. The maximum Gasteiger partial charge on any atom is 0.231 e. The van der Waals surface area contributed by atoms with E-state index in [1.54, 1.807) is 24.3 Å². The van der Waals surface area contributed by atoms with Gasteiger partial charge >= 0.3 is 0 Å². The molecule has 0 unspecified atom stereocenters. The van der Waals surface area contributed by atoms with Gasteiger partial charge < -0.3 is 15.4 Å². The molecule has 0 fully saturated rings. The van der Waals surface area contributed by atoms with Gasteiger partial charge in [-0.25, -0.2) is 0 Å². The summed E-state index contributed by atoms with van der Waals surface area (Å²) in [4.78, 5) is 0.611. The highest BCUT2D eigenvalue weighted by Gasteiger charge is 2.19. The number of para-hydroxylation sites is 1.